The van der Waals surface area contributed by atoms with Crippen molar-refractivity contribution in [1.29, 1.82) is 0 Å². The molecule has 0 aromatic carbocycles. The van der Waals surface area contributed by atoms with Crippen molar-refractivity contribution in [1.82, 2.24) is 0 Å². The molecule has 0 heterocycles. The average Bonchev–Trinajstić information content (AvgIpc) is 0. The summed E-state index contributed by atoms with van der Waals surface area (Å²) in [4.78, 5) is 0. The van der Waals surface area contributed by atoms with Crippen LogP contribution in [0.15, 0.2) is 0 Å². The van der Waals surface area contributed by atoms with Gasteiger partial charge in [0.15, 0.2) is 0 Å². The zero-order valence-corrected chi connectivity index (χ0v) is 6.67. The Labute approximate surface area is 78.8 Å². The zero-order valence-electron chi connectivity index (χ0n) is 3.05. The second-order valence-electron chi connectivity index (χ2n) is 0. The van der Waals surface area contributed by atoms with Crippen LogP contribution < -0.4 is 0 Å². The molecule has 0 rings (SSSR count). The molecule has 42 valence electrons. The van der Waals surface area contributed by atoms with E-state index in [0.29, 0.717) is 0 Å². The largest absolute Gasteiger partial charge is 3.00 e. The third-order valence-electron chi connectivity index (χ3n) is 0. The molecule has 0 aliphatic rings. The van der Waals surface area contributed by atoms with Crippen LogP contribution >= 0.6 is 0 Å². The molecule has 0 fully saturated rings. The van der Waals surface area contributed by atoms with E-state index in [1.807, 2.05) is 0 Å². The summed E-state index contributed by atoms with van der Waals surface area (Å²) in [5.74, 6) is 0. The molecular formula is Fe2MgO4. The van der Waals surface area contributed by atoms with Gasteiger partial charge in [0.05, 0.1) is 0 Å². The molecule has 0 aliphatic carbocycles. The van der Waals surface area contributed by atoms with Gasteiger partial charge in [0, 0.05) is 0 Å². The molecule has 0 N–H and O–H groups in total. The molecule has 7 heteroatoms. The fourth-order valence-electron chi connectivity index (χ4n) is 0. The molecule has 7 heavy (non-hydrogen) atoms. The van der Waals surface area contributed by atoms with E-state index >= 15 is 0 Å². The van der Waals surface area contributed by atoms with Crippen LogP contribution in [0.2, 0.25) is 0 Å². The zero-order chi connectivity index (χ0) is 0. The molecule has 4 nitrogen and oxygen atoms in total. The first-order chi connectivity index (χ1) is 0. The number of rotatable bonds is 0. The molecule has 0 aliphatic heterocycles. The van der Waals surface area contributed by atoms with Gasteiger partial charge in [-0.2, -0.15) is 0 Å². The Balaban J connectivity index is 0. The maximum absolute atomic E-state index is 0. The monoisotopic (exact) mass is 200 g/mol. The fraction of sp³-hybridized carbons (Fsp3) is 0. The predicted molar refractivity (Wildman–Crippen MR) is 8.50 cm³/mol. The van der Waals surface area contributed by atoms with Gasteiger partial charge in [0.25, 0.3) is 0 Å². The van der Waals surface area contributed by atoms with E-state index < -0.39 is 0 Å². The summed E-state index contributed by atoms with van der Waals surface area (Å²) in [6, 6.07) is 0. The van der Waals surface area contributed by atoms with Crippen molar-refractivity contribution >= 4 is 23.1 Å². The molecule has 0 bridgehead atoms. The molecule has 0 aromatic rings. The molecule has 0 amide bonds. The van der Waals surface area contributed by atoms with Crippen molar-refractivity contribution in [3.8, 4) is 0 Å². The summed E-state index contributed by atoms with van der Waals surface area (Å²) >= 11 is 0. The van der Waals surface area contributed by atoms with E-state index in [9.17, 15) is 0 Å². The normalized spacial score (nSPS) is 0. The first kappa shape index (κ1) is 187. The second kappa shape index (κ2) is 125. The maximum atomic E-state index is 0. The van der Waals surface area contributed by atoms with Crippen molar-refractivity contribution in [2.24, 2.45) is 0 Å². The van der Waals surface area contributed by atoms with E-state index in [4.69, 9.17) is 0 Å². The quantitative estimate of drug-likeness (QED) is 0.452. The third-order valence-corrected chi connectivity index (χ3v) is 0. The smallest absolute Gasteiger partial charge is 2.00 e. The van der Waals surface area contributed by atoms with Crippen molar-refractivity contribution in [3.05, 3.63) is 0 Å². The summed E-state index contributed by atoms with van der Waals surface area (Å²) in [6.45, 7) is 0. The third kappa shape index (κ3) is 90.0. The van der Waals surface area contributed by atoms with Crippen LogP contribution in [0.4, 0.5) is 0 Å². The van der Waals surface area contributed by atoms with Crippen LogP contribution in [-0.2, 0) is 56.0 Å². The molecule has 0 atom stereocenters. The SMILES string of the molecule is [Fe+3].[Fe+3].[Mg+2].[O-2].[O-2].[O-2].[O-2]. The fourth-order valence-corrected chi connectivity index (χ4v) is 0. The van der Waals surface area contributed by atoms with Gasteiger partial charge in [0.1, 0.15) is 0 Å². The Morgan fingerprint density at radius 1 is 0.429 bits per heavy atom. The topological polar surface area (TPSA) is 114 Å². The van der Waals surface area contributed by atoms with Gasteiger partial charge in [-0.25, -0.2) is 0 Å². The van der Waals surface area contributed by atoms with Crippen LogP contribution in [0.1, 0.15) is 0 Å². The first-order valence-corrected chi connectivity index (χ1v) is 0. The Morgan fingerprint density at radius 3 is 0.429 bits per heavy atom. The Morgan fingerprint density at radius 2 is 0.429 bits per heavy atom. The molecule has 2 radical (unpaired) electrons. The summed E-state index contributed by atoms with van der Waals surface area (Å²) < 4.78 is 0. The van der Waals surface area contributed by atoms with Gasteiger partial charge in [-0.3, -0.25) is 0 Å². The van der Waals surface area contributed by atoms with Gasteiger partial charge < -0.3 is 21.9 Å². The predicted octanol–water partition coefficient (Wildman–Crippen LogP) is -0.861. The summed E-state index contributed by atoms with van der Waals surface area (Å²) in [5, 5.41) is 0. The standard InChI is InChI=1S/2Fe.Mg.4O/q2*+3;+2;4*-2. The van der Waals surface area contributed by atoms with Crippen LogP contribution in [-0.4, -0.2) is 23.1 Å². The van der Waals surface area contributed by atoms with Gasteiger partial charge in [-0.1, -0.05) is 0 Å². The molecule has 0 saturated heterocycles. The summed E-state index contributed by atoms with van der Waals surface area (Å²) in [6.07, 6.45) is 0. The average molecular weight is 200 g/mol. The minimum Gasteiger partial charge on any atom is -2.00 e. The molecular weight excluding hydrogens is 200 g/mol. The van der Waals surface area contributed by atoms with Gasteiger partial charge in [0.2, 0.25) is 0 Å². The van der Waals surface area contributed by atoms with Crippen molar-refractivity contribution in [3.63, 3.8) is 0 Å². The minimum absolute atomic E-state index is 0. The summed E-state index contributed by atoms with van der Waals surface area (Å²) in [5.41, 5.74) is 0. The molecule has 0 spiro atoms. The number of hydrogen-bond donors (Lipinski definition) is 0. The van der Waals surface area contributed by atoms with E-state index in [1.165, 1.54) is 0 Å². The van der Waals surface area contributed by atoms with Crippen LogP contribution in [0, 0.1) is 0 Å². The van der Waals surface area contributed by atoms with Crippen molar-refractivity contribution in [2.75, 3.05) is 0 Å². The maximum Gasteiger partial charge on any atom is 3.00 e. The van der Waals surface area contributed by atoms with Gasteiger partial charge in [-0.15, -0.1) is 0 Å². The van der Waals surface area contributed by atoms with Gasteiger partial charge in [-0.05, 0) is 0 Å². The van der Waals surface area contributed by atoms with Crippen molar-refractivity contribution in [2.45, 2.75) is 0 Å². The molecule has 0 saturated carbocycles. The van der Waals surface area contributed by atoms with Crippen molar-refractivity contribution < 1.29 is 56.0 Å². The molecule has 0 unspecified atom stereocenters. The van der Waals surface area contributed by atoms with Crippen LogP contribution in [0.25, 0.3) is 0 Å². The van der Waals surface area contributed by atoms with Gasteiger partial charge >= 0.3 is 57.2 Å². The van der Waals surface area contributed by atoms with E-state index in [2.05, 4.69) is 0 Å². The van der Waals surface area contributed by atoms with E-state index in [1.54, 1.807) is 0 Å². The Hall–Kier alpha value is 1.65. The minimum atomic E-state index is 0. The molecule has 0 aromatic heterocycles. The number of hydrogen-bond acceptors (Lipinski definition) is 0. The first-order valence-electron chi connectivity index (χ1n) is 0. The Kier molecular flexibility index (Phi) is 3330. The van der Waals surface area contributed by atoms with Crippen LogP contribution in [0.5, 0.6) is 0 Å². The second-order valence-corrected chi connectivity index (χ2v) is 0. The van der Waals surface area contributed by atoms with E-state index in [0.717, 1.165) is 0 Å². The van der Waals surface area contributed by atoms with Crippen LogP contribution in [0.3, 0.4) is 0 Å². The summed E-state index contributed by atoms with van der Waals surface area (Å²) in [7, 11) is 0. The Bertz CT molecular complexity index is 9.65. The van der Waals surface area contributed by atoms with E-state index in [-0.39, 0.29) is 79.1 Å².